The Hall–Kier alpha value is -2.25. The zero-order chi connectivity index (χ0) is 26.0. The van der Waals surface area contributed by atoms with E-state index in [1.807, 2.05) is 24.3 Å². The molecule has 0 radical (unpaired) electrons. The minimum Gasteiger partial charge on any atom is -0.351 e. The number of thiophene rings is 1. The van der Waals surface area contributed by atoms with Gasteiger partial charge in [-0.2, -0.15) is 0 Å². The molecule has 2 aliphatic heterocycles. The molecule has 2 fully saturated rings. The van der Waals surface area contributed by atoms with Crippen molar-refractivity contribution in [3.8, 4) is 0 Å². The fourth-order valence-electron chi connectivity index (χ4n) is 4.92. The highest BCUT2D eigenvalue weighted by Gasteiger charge is 2.50. The lowest BCUT2D eigenvalue weighted by atomic mass is 9.97. The molecule has 0 aliphatic carbocycles. The van der Waals surface area contributed by atoms with E-state index >= 15 is 0 Å². The van der Waals surface area contributed by atoms with Crippen molar-refractivity contribution >= 4 is 59.8 Å². The van der Waals surface area contributed by atoms with Crippen LogP contribution in [0.25, 0.3) is 10.9 Å². The van der Waals surface area contributed by atoms with Gasteiger partial charge in [-0.05, 0) is 59.5 Å². The lowest BCUT2D eigenvalue weighted by molar-refractivity contribution is -0.200. The van der Waals surface area contributed by atoms with Crippen LogP contribution >= 0.6 is 27.3 Å². The zero-order valence-corrected chi connectivity index (χ0v) is 23.3. The Bertz CT molecular complexity index is 1370. The average molecular weight is 611 g/mol. The molecule has 4 heterocycles. The molecule has 9 nitrogen and oxygen atoms in total. The van der Waals surface area contributed by atoms with Crippen LogP contribution in [0.2, 0.25) is 0 Å². The van der Waals surface area contributed by atoms with Crippen molar-refractivity contribution in [1.82, 2.24) is 15.4 Å². The lowest BCUT2D eigenvalue weighted by Gasteiger charge is -2.31. The number of amides is 2. The van der Waals surface area contributed by atoms with E-state index in [4.69, 9.17) is 9.57 Å². The van der Waals surface area contributed by atoms with Crippen LogP contribution < -0.4 is 5.48 Å². The molecule has 2 saturated heterocycles. The molecule has 0 saturated carbocycles. The summed E-state index contributed by atoms with van der Waals surface area (Å²) in [4.78, 5) is 37.1. The van der Waals surface area contributed by atoms with Gasteiger partial charge in [-0.25, -0.2) is 18.7 Å². The normalized spacial score (nSPS) is 24.0. The second kappa shape index (κ2) is 10.9. The molecule has 2 unspecified atom stereocenters. The summed E-state index contributed by atoms with van der Waals surface area (Å²) in [6, 6.07) is 12.9. The van der Waals surface area contributed by atoms with E-state index in [1.165, 1.54) is 11.3 Å². The topological polar surface area (TPSA) is 118 Å². The van der Waals surface area contributed by atoms with Crippen molar-refractivity contribution in [1.29, 1.82) is 0 Å². The number of halogens is 1. The summed E-state index contributed by atoms with van der Waals surface area (Å²) in [5.74, 6) is -1.07. The highest BCUT2D eigenvalue weighted by Crippen LogP contribution is 2.44. The maximum absolute atomic E-state index is 13.8. The molecule has 2 atom stereocenters. The fourth-order valence-corrected chi connectivity index (χ4v) is 8.91. The smallest absolute Gasteiger partial charge is 0.270 e. The van der Waals surface area contributed by atoms with Crippen LogP contribution in [-0.4, -0.2) is 61.9 Å². The van der Waals surface area contributed by atoms with Crippen LogP contribution in [0.5, 0.6) is 0 Å². The lowest BCUT2D eigenvalue weighted by Crippen LogP contribution is -2.43. The second-order valence-electron chi connectivity index (χ2n) is 9.35. The molecule has 0 bridgehead atoms. The monoisotopic (exact) mass is 609 g/mol. The number of sulfone groups is 1. The van der Waals surface area contributed by atoms with E-state index < -0.39 is 26.8 Å². The largest absolute Gasteiger partial charge is 0.351 e. The van der Waals surface area contributed by atoms with Gasteiger partial charge in [0, 0.05) is 41.9 Å². The number of hydrogen-bond acceptors (Lipinski definition) is 7. The van der Waals surface area contributed by atoms with Crippen molar-refractivity contribution in [2.75, 3.05) is 25.4 Å². The van der Waals surface area contributed by atoms with Crippen LogP contribution in [0.15, 0.2) is 46.3 Å². The molecule has 3 aromatic rings. The van der Waals surface area contributed by atoms with Crippen LogP contribution in [0, 0.1) is 0 Å². The van der Waals surface area contributed by atoms with E-state index in [1.54, 1.807) is 23.1 Å². The predicted molar refractivity (Wildman–Crippen MR) is 144 cm³/mol. The molecule has 2 aliphatic rings. The SMILES string of the molecule is O=C(CC1(c2ccc(Br)s2)CCN(C(=O)c2cc3ccccc3[nH]2)CCS1(=O)=O)NOC1CCCCO1. The van der Waals surface area contributed by atoms with Gasteiger partial charge >= 0.3 is 0 Å². The van der Waals surface area contributed by atoms with Crippen molar-refractivity contribution in [2.24, 2.45) is 0 Å². The van der Waals surface area contributed by atoms with Crippen molar-refractivity contribution in [3.63, 3.8) is 0 Å². The summed E-state index contributed by atoms with van der Waals surface area (Å²) >= 11 is 4.71. The van der Waals surface area contributed by atoms with Crippen LogP contribution in [0.4, 0.5) is 0 Å². The summed E-state index contributed by atoms with van der Waals surface area (Å²) in [6.07, 6.45) is 1.76. The fraction of sp³-hybridized carbons (Fsp3) is 0.440. The predicted octanol–water partition coefficient (Wildman–Crippen LogP) is 4.11. The number of para-hydroxylation sites is 1. The summed E-state index contributed by atoms with van der Waals surface area (Å²) in [5.41, 5.74) is 3.66. The van der Waals surface area contributed by atoms with E-state index in [0.717, 1.165) is 27.5 Å². The molecule has 37 heavy (non-hydrogen) atoms. The van der Waals surface area contributed by atoms with Crippen LogP contribution in [0.3, 0.4) is 0 Å². The van der Waals surface area contributed by atoms with E-state index in [-0.39, 0.29) is 37.6 Å². The van der Waals surface area contributed by atoms with Crippen molar-refractivity contribution in [2.45, 2.75) is 43.1 Å². The summed E-state index contributed by atoms with van der Waals surface area (Å²) < 4.78 is 32.4. The van der Waals surface area contributed by atoms with Crippen LogP contribution in [-0.2, 0) is 29.0 Å². The summed E-state index contributed by atoms with van der Waals surface area (Å²) in [6.45, 7) is 0.782. The Morgan fingerprint density at radius 1 is 1.22 bits per heavy atom. The number of nitrogens with one attached hydrogen (secondary N) is 2. The summed E-state index contributed by atoms with van der Waals surface area (Å²) in [7, 11) is -3.83. The zero-order valence-electron chi connectivity index (χ0n) is 20.1. The number of ether oxygens (including phenoxy) is 1. The molecule has 1 aromatic carbocycles. The quantitative estimate of drug-likeness (QED) is 0.406. The highest BCUT2D eigenvalue weighted by atomic mass is 79.9. The van der Waals surface area contributed by atoms with Gasteiger partial charge in [-0.15, -0.1) is 11.3 Å². The number of nitrogens with zero attached hydrogens (tertiary/aromatic N) is 1. The van der Waals surface area contributed by atoms with Gasteiger partial charge in [0.05, 0.1) is 16.0 Å². The van der Waals surface area contributed by atoms with Gasteiger partial charge in [0.1, 0.15) is 10.4 Å². The first-order valence-corrected chi connectivity index (χ1v) is 15.4. The van der Waals surface area contributed by atoms with E-state index in [2.05, 4.69) is 26.4 Å². The van der Waals surface area contributed by atoms with Gasteiger partial charge in [0.2, 0.25) is 5.91 Å². The highest BCUT2D eigenvalue weighted by molar-refractivity contribution is 9.11. The van der Waals surface area contributed by atoms with Gasteiger partial charge in [0.25, 0.3) is 5.91 Å². The Morgan fingerprint density at radius 3 is 2.78 bits per heavy atom. The maximum atomic E-state index is 13.8. The number of H-pyrrole nitrogens is 1. The second-order valence-corrected chi connectivity index (χ2v) is 14.2. The molecule has 0 spiro atoms. The average Bonchev–Trinajstić information content (AvgIpc) is 3.50. The third-order valence-corrected chi connectivity index (χ3v) is 11.4. The minimum absolute atomic E-state index is 0.0405. The molecule has 198 valence electrons. The molecule has 2 aromatic heterocycles. The Morgan fingerprint density at radius 2 is 2.05 bits per heavy atom. The Balaban J connectivity index is 1.38. The number of rotatable bonds is 6. The molecular weight excluding hydrogens is 582 g/mol. The van der Waals surface area contributed by atoms with Crippen LogP contribution in [0.1, 0.15) is 47.5 Å². The first kappa shape index (κ1) is 26.4. The van der Waals surface area contributed by atoms with E-state index in [9.17, 15) is 18.0 Å². The minimum atomic E-state index is -3.83. The summed E-state index contributed by atoms with van der Waals surface area (Å²) in [5, 5.41) is 0.907. The molecular formula is C25H28BrN3O6S2. The van der Waals surface area contributed by atoms with Gasteiger partial charge < -0.3 is 14.6 Å². The standard InChI is InChI=1S/C25H28BrN3O6S2/c26-21-9-8-20(36-21)25(16-22(30)28-35-23-7-3-4-13-34-23)10-11-29(12-14-37(25,32)33)24(31)19-15-17-5-1-2-6-18(17)27-19/h1-2,5-6,8-9,15,23,27H,3-4,7,10-14,16H2,(H,28,30). The molecule has 2 N–H and O–H groups in total. The van der Waals surface area contributed by atoms with Gasteiger partial charge in [0.15, 0.2) is 16.1 Å². The van der Waals surface area contributed by atoms with E-state index in [0.29, 0.717) is 23.6 Å². The third kappa shape index (κ3) is 5.49. The van der Waals surface area contributed by atoms with Crippen molar-refractivity contribution < 1.29 is 27.6 Å². The van der Waals surface area contributed by atoms with Crippen molar-refractivity contribution in [3.05, 3.63) is 56.8 Å². The molecule has 12 heteroatoms. The molecule has 5 rings (SSSR count). The number of hydroxylamine groups is 1. The number of aromatic amines is 1. The Labute approximate surface area is 227 Å². The number of benzene rings is 1. The number of aromatic nitrogens is 1. The number of hydrogen-bond donors (Lipinski definition) is 2. The van der Waals surface area contributed by atoms with Gasteiger partial charge in [-0.3, -0.25) is 9.59 Å². The first-order valence-electron chi connectivity index (χ1n) is 12.2. The maximum Gasteiger partial charge on any atom is 0.270 e. The van der Waals surface area contributed by atoms with Gasteiger partial charge in [-0.1, -0.05) is 18.2 Å². The first-order chi connectivity index (χ1) is 17.8. The molecule has 2 amide bonds. The number of fused-ring (bicyclic) bond motifs is 1. The Kier molecular flexibility index (Phi) is 7.73. The number of carbonyl (C=O) groups excluding carboxylic acids is 2. The number of carbonyl (C=O) groups is 2. The third-order valence-electron chi connectivity index (χ3n) is 6.97.